The van der Waals surface area contributed by atoms with Gasteiger partial charge in [-0.1, -0.05) is 11.6 Å². The molecule has 1 aliphatic rings. The molecule has 0 unspecified atom stereocenters. The summed E-state index contributed by atoms with van der Waals surface area (Å²) in [6, 6.07) is 0. The summed E-state index contributed by atoms with van der Waals surface area (Å²) in [5, 5.41) is 4.76. The van der Waals surface area contributed by atoms with Crippen LogP contribution in [0, 0.1) is 0 Å². The Morgan fingerprint density at radius 3 is 2.21 bits per heavy atom. The van der Waals surface area contributed by atoms with Gasteiger partial charge in [-0.3, -0.25) is 20.2 Å². The first kappa shape index (κ1) is 10.6. The number of carbonyl (C=O) groups is 2. The van der Waals surface area contributed by atoms with E-state index in [1.165, 1.54) is 6.08 Å². The SMILES string of the molecule is C/C=C(/C)C=C1C(=O)NC(=S)NC1=O. The molecule has 1 heterocycles. The molecule has 14 heavy (non-hydrogen) atoms. The molecule has 0 aromatic heterocycles. The quantitative estimate of drug-likeness (QED) is 0.374. The molecule has 0 aromatic rings. The predicted molar refractivity (Wildman–Crippen MR) is 56.4 cm³/mol. The highest BCUT2D eigenvalue weighted by Gasteiger charge is 2.25. The molecule has 2 N–H and O–H groups in total. The first-order chi connectivity index (χ1) is 6.54. The monoisotopic (exact) mass is 210 g/mol. The molecular formula is C9H10N2O2S. The number of thiocarbonyl (C=S) groups is 1. The summed E-state index contributed by atoms with van der Waals surface area (Å²) in [6.45, 7) is 3.64. The van der Waals surface area contributed by atoms with Crippen LogP contribution in [0.1, 0.15) is 13.8 Å². The maximum atomic E-state index is 11.3. The average molecular weight is 210 g/mol. The topological polar surface area (TPSA) is 58.2 Å². The minimum Gasteiger partial charge on any atom is -0.299 e. The van der Waals surface area contributed by atoms with Gasteiger partial charge in [0.2, 0.25) is 0 Å². The number of carbonyl (C=O) groups excluding carboxylic acids is 2. The van der Waals surface area contributed by atoms with Gasteiger partial charge in [-0.25, -0.2) is 0 Å². The van der Waals surface area contributed by atoms with Gasteiger partial charge in [0.05, 0.1) is 0 Å². The molecule has 0 aliphatic carbocycles. The molecule has 0 aromatic carbocycles. The van der Waals surface area contributed by atoms with E-state index in [1.807, 2.05) is 6.92 Å². The van der Waals surface area contributed by atoms with Gasteiger partial charge in [0, 0.05) is 0 Å². The summed E-state index contributed by atoms with van der Waals surface area (Å²) in [5.41, 5.74) is 0.923. The van der Waals surface area contributed by atoms with Crippen molar-refractivity contribution in [2.75, 3.05) is 0 Å². The van der Waals surface area contributed by atoms with Crippen LogP contribution >= 0.6 is 12.2 Å². The average Bonchev–Trinajstić information content (AvgIpc) is 2.10. The summed E-state index contributed by atoms with van der Waals surface area (Å²) in [4.78, 5) is 22.6. The molecule has 74 valence electrons. The summed E-state index contributed by atoms with van der Waals surface area (Å²) in [6.07, 6.45) is 3.33. The molecule has 0 spiro atoms. The molecule has 2 amide bonds. The van der Waals surface area contributed by atoms with Crippen LogP contribution in [0.5, 0.6) is 0 Å². The fourth-order valence-electron chi connectivity index (χ4n) is 0.917. The zero-order valence-electron chi connectivity index (χ0n) is 7.88. The lowest BCUT2D eigenvalue weighted by Gasteiger charge is -2.16. The van der Waals surface area contributed by atoms with Crippen LogP contribution in [0.4, 0.5) is 0 Å². The third-order valence-corrected chi connectivity index (χ3v) is 1.97. The minimum atomic E-state index is -0.458. The highest BCUT2D eigenvalue weighted by atomic mass is 32.1. The molecule has 0 atom stereocenters. The van der Waals surface area contributed by atoms with E-state index in [-0.39, 0.29) is 10.7 Å². The Hall–Kier alpha value is -1.49. The normalized spacial score (nSPS) is 17.7. The Morgan fingerprint density at radius 2 is 1.79 bits per heavy atom. The Balaban J connectivity index is 2.99. The van der Waals surface area contributed by atoms with E-state index in [4.69, 9.17) is 0 Å². The van der Waals surface area contributed by atoms with Crippen LogP contribution in [0.2, 0.25) is 0 Å². The highest BCUT2D eigenvalue weighted by Crippen LogP contribution is 2.05. The second-order valence-electron chi connectivity index (χ2n) is 2.83. The molecule has 1 aliphatic heterocycles. The van der Waals surface area contributed by atoms with E-state index in [0.717, 1.165) is 5.57 Å². The fraction of sp³-hybridized carbons (Fsp3) is 0.222. The van der Waals surface area contributed by atoms with Crippen molar-refractivity contribution < 1.29 is 9.59 Å². The van der Waals surface area contributed by atoms with Crippen LogP contribution in [0.15, 0.2) is 23.3 Å². The second-order valence-corrected chi connectivity index (χ2v) is 3.24. The minimum absolute atomic E-state index is 0.0512. The van der Waals surface area contributed by atoms with E-state index < -0.39 is 11.8 Å². The first-order valence-electron chi connectivity index (χ1n) is 4.06. The van der Waals surface area contributed by atoms with Gasteiger partial charge in [-0.05, 0) is 32.1 Å². The Labute approximate surface area is 87.1 Å². The molecule has 1 saturated heterocycles. The lowest BCUT2D eigenvalue weighted by Crippen LogP contribution is -2.51. The van der Waals surface area contributed by atoms with Crippen LogP contribution in [0.25, 0.3) is 0 Å². The molecule has 1 rings (SSSR count). The van der Waals surface area contributed by atoms with Crippen molar-refractivity contribution in [1.82, 2.24) is 10.6 Å². The van der Waals surface area contributed by atoms with Gasteiger partial charge < -0.3 is 0 Å². The zero-order valence-corrected chi connectivity index (χ0v) is 8.70. The van der Waals surface area contributed by atoms with Gasteiger partial charge in [0.1, 0.15) is 5.57 Å². The molecule has 1 fully saturated rings. The Morgan fingerprint density at radius 1 is 1.29 bits per heavy atom. The van der Waals surface area contributed by atoms with Crippen LogP contribution in [0.3, 0.4) is 0 Å². The number of allylic oxidation sites excluding steroid dienone is 3. The van der Waals surface area contributed by atoms with Crippen LogP contribution < -0.4 is 10.6 Å². The number of hydrogen-bond donors (Lipinski definition) is 2. The van der Waals surface area contributed by atoms with E-state index in [9.17, 15) is 9.59 Å². The van der Waals surface area contributed by atoms with Crippen molar-refractivity contribution in [2.45, 2.75) is 13.8 Å². The maximum absolute atomic E-state index is 11.3. The number of hydrogen-bond acceptors (Lipinski definition) is 3. The largest absolute Gasteiger partial charge is 0.299 e. The smallest absolute Gasteiger partial charge is 0.263 e. The van der Waals surface area contributed by atoms with E-state index in [1.54, 1.807) is 13.0 Å². The first-order valence-corrected chi connectivity index (χ1v) is 4.46. The molecule has 5 heteroatoms. The summed E-state index contributed by atoms with van der Waals surface area (Å²) >= 11 is 4.65. The number of amides is 2. The van der Waals surface area contributed by atoms with Crippen molar-refractivity contribution in [3.8, 4) is 0 Å². The third-order valence-electron chi connectivity index (χ3n) is 1.77. The van der Waals surface area contributed by atoms with Gasteiger partial charge in [-0.2, -0.15) is 0 Å². The van der Waals surface area contributed by atoms with E-state index in [0.29, 0.717) is 0 Å². The predicted octanol–water partition coefficient (Wildman–Crippen LogP) is 0.410. The van der Waals surface area contributed by atoms with Gasteiger partial charge in [-0.15, -0.1) is 0 Å². The maximum Gasteiger partial charge on any atom is 0.263 e. The molecular weight excluding hydrogens is 200 g/mol. The molecule has 0 radical (unpaired) electrons. The second kappa shape index (κ2) is 4.15. The van der Waals surface area contributed by atoms with Crippen LogP contribution in [-0.4, -0.2) is 16.9 Å². The van der Waals surface area contributed by atoms with Crippen molar-refractivity contribution in [2.24, 2.45) is 0 Å². The van der Waals surface area contributed by atoms with E-state index in [2.05, 4.69) is 22.9 Å². The molecule has 0 saturated carbocycles. The summed E-state index contributed by atoms with van der Waals surface area (Å²) in [5.74, 6) is -0.917. The number of rotatable bonds is 1. The Kier molecular flexibility index (Phi) is 3.14. The van der Waals surface area contributed by atoms with E-state index >= 15 is 0 Å². The zero-order chi connectivity index (χ0) is 10.7. The fourth-order valence-corrected chi connectivity index (χ4v) is 1.10. The Bertz CT molecular complexity index is 347. The number of nitrogens with one attached hydrogen (secondary N) is 2. The summed E-state index contributed by atoms with van der Waals surface area (Å²) < 4.78 is 0. The summed E-state index contributed by atoms with van der Waals surface area (Å²) in [7, 11) is 0. The van der Waals surface area contributed by atoms with Crippen molar-refractivity contribution >= 4 is 29.1 Å². The van der Waals surface area contributed by atoms with Gasteiger partial charge in [0.25, 0.3) is 11.8 Å². The highest BCUT2D eigenvalue weighted by molar-refractivity contribution is 7.80. The van der Waals surface area contributed by atoms with Crippen molar-refractivity contribution in [3.05, 3.63) is 23.3 Å². The van der Waals surface area contributed by atoms with Gasteiger partial charge in [0.15, 0.2) is 5.11 Å². The standard InChI is InChI=1S/C9H10N2O2S/c1-3-5(2)4-6-7(12)10-9(14)11-8(6)13/h3-4H,1-2H3,(H2,10,11,12,13,14)/b5-3-. The molecule has 4 nitrogen and oxygen atoms in total. The van der Waals surface area contributed by atoms with Crippen molar-refractivity contribution in [3.63, 3.8) is 0 Å². The lowest BCUT2D eigenvalue weighted by molar-refractivity contribution is -0.123. The van der Waals surface area contributed by atoms with Gasteiger partial charge >= 0.3 is 0 Å². The van der Waals surface area contributed by atoms with Crippen molar-refractivity contribution in [1.29, 1.82) is 0 Å². The third kappa shape index (κ3) is 2.26. The van der Waals surface area contributed by atoms with Crippen LogP contribution in [-0.2, 0) is 9.59 Å². The lowest BCUT2D eigenvalue weighted by atomic mass is 10.1. The molecule has 0 bridgehead atoms.